The summed E-state index contributed by atoms with van der Waals surface area (Å²) in [6.07, 6.45) is 1.72. The van der Waals surface area contributed by atoms with Gasteiger partial charge in [-0.1, -0.05) is 53.3 Å². The number of hydrogen-bond donors (Lipinski definition) is 0. The standard InChI is InChI=1S/C31H25ClFIN2O5S/c1-4-40-30(38)26-17(2)35-31-36(27(26)22-7-5-6-8-23(22)32)29(37)25(42-31)14-19-13-21(34)15-24(39-3)28(19)41-16-18-9-11-20(33)12-10-18/h5-15,27H,4,16H2,1-3H3/b25-14-/t27-/m0/s1. The Morgan fingerprint density at radius 1 is 1.19 bits per heavy atom. The number of esters is 1. The van der Waals surface area contributed by atoms with Gasteiger partial charge in [0.1, 0.15) is 18.5 Å². The molecule has 0 unspecified atom stereocenters. The molecule has 0 bridgehead atoms. The van der Waals surface area contributed by atoms with Crippen molar-refractivity contribution in [1.82, 2.24) is 4.57 Å². The van der Waals surface area contributed by atoms with Crippen LogP contribution in [-0.2, 0) is 16.1 Å². The number of carbonyl (C=O) groups is 1. The fourth-order valence-electron chi connectivity index (χ4n) is 4.66. The summed E-state index contributed by atoms with van der Waals surface area (Å²) in [6, 6.07) is 16.0. The summed E-state index contributed by atoms with van der Waals surface area (Å²) in [4.78, 5) is 32.2. The van der Waals surface area contributed by atoms with Gasteiger partial charge in [-0.2, -0.15) is 0 Å². The number of ether oxygens (including phenoxy) is 3. The topological polar surface area (TPSA) is 79.1 Å². The van der Waals surface area contributed by atoms with Crippen molar-refractivity contribution in [3.8, 4) is 11.5 Å². The van der Waals surface area contributed by atoms with Crippen LogP contribution in [0.15, 0.2) is 81.7 Å². The van der Waals surface area contributed by atoms with Gasteiger partial charge in [-0.3, -0.25) is 9.36 Å². The van der Waals surface area contributed by atoms with Gasteiger partial charge in [0, 0.05) is 14.2 Å². The van der Waals surface area contributed by atoms with Crippen molar-refractivity contribution in [1.29, 1.82) is 0 Å². The van der Waals surface area contributed by atoms with Gasteiger partial charge in [-0.25, -0.2) is 14.2 Å². The van der Waals surface area contributed by atoms with E-state index in [2.05, 4.69) is 27.6 Å². The lowest BCUT2D eigenvalue weighted by Gasteiger charge is -2.25. The minimum absolute atomic E-state index is 0.161. The number of aromatic nitrogens is 1. The molecule has 4 aromatic rings. The Bertz CT molecular complexity index is 1880. The quantitative estimate of drug-likeness (QED) is 0.171. The zero-order chi connectivity index (χ0) is 30.0. The predicted molar refractivity (Wildman–Crippen MR) is 168 cm³/mol. The van der Waals surface area contributed by atoms with Crippen LogP contribution in [0.25, 0.3) is 6.08 Å². The number of hydrogen-bond acceptors (Lipinski definition) is 7. The predicted octanol–water partition coefficient (Wildman–Crippen LogP) is 5.78. The third-order valence-electron chi connectivity index (χ3n) is 6.57. The highest BCUT2D eigenvalue weighted by molar-refractivity contribution is 14.1. The molecule has 3 aromatic carbocycles. The van der Waals surface area contributed by atoms with E-state index in [1.54, 1.807) is 56.3 Å². The van der Waals surface area contributed by atoms with Crippen molar-refractivity contribution in [2.75, 3.05) is 13.7 Å². The Kier molecular flexibility index (Phi) is 9.14. The largest absolute Gasteiger partial charge is 0.493 e. The molecule has 11 heteroatoms. The minimum Gasteiger partial charge on any atom is -0.493 e. The monoisotopic (exact) mass is 718 g/mol. The number of fused-ring (bicyclic) bond motifs is 1. The Hall–Kier alpha value is -3.48. The number of carbonyl (C=O) groups excluding carboxylic acids is 1. The van der Waals surface area contributed by atoms with E-state index in [-0.39, 0.29) is 30.2 Å². The highest BCUT2D eigenvalue weighted by Crippen LogP contribution is 2.36. The third kappa shape index (κ3) is 6.02. The fourth-order valence-corrected chi connectivity index (χ4v) is 6.56. The molecule has 0 radical (unpaired) electrons. The van der Waals surface area contributed by atoms with Crippen LogP contribution >= 0.6 is 45.5 Å². The van der Waals surface area contributed by atoms with Gasteiger partial charge in [0.15, 0.2) is 16.3 Å². The molecule has 216 valence electrons. The van der Waals surface area contributed by atoms with E-state index in [4.69, 9.17) is 25.8 Å². The second-order valence-corrected chi connectivity index (χ2v) is 11.9. The van der Waals surface area contributed by atoms with Crippen LogP contribution in [0.5, 0.6) is 11.5 Å². The lowest BCUT2D eigenvalue weighted by atomic mass is 9.96. The average molecular weight is 719 g/mol. The van der Waals surface area contributed by atoms with E-state index < -0.39 is 12.0 Å². The molecule has 0 saturated carbocycles. The molecule has 5 rings (SSSR count). The van der Waals surface area contributed by atoms with Gasteiger partial charge in [0.05, 0.1) is 29.5 Å². The summed E-state index contributed by atoms with van der Waals surface area (Å²) < 4.78 is 33.3. The van der Waals surface area contributed by atoms with Gasteiger partial charge in [-0.05, 0) is 84.0 Å². The molecule has 1 atom stereocenters. The van der Waals surface area contributed by atoms with E-state index >= 15 is 0 Å². The van der Waals surface area contributed by atoms with E-state index in [0.717, 1.165) is 9.13 Å². The van der Waals surface area contributed by atoms with Crippen LogP contribution in [0.1, 0.15) is 36.6 Å². The first-order valence-corrected chi connectivity index (χ1v) is 15.2. The zero-order valence-corrected chi connectivity index (χ0v) is 26.6. The highest BCUT2D eigenvalue weighted by atomic mass is 127. The second kappa shape index (κ2) is 12.8. The van der Waals surface area contributed by atoms with Crippen LogP contribution in [-0.4, -0.2) is 24.3 Å². The number of benzene rings is 3. The molecule has 0 aliphatic carbocycles. The number of rotatable bonds is 8. The summed E-state index contributed by atoms with van der Waals surface area (Å²) in [6.45, 7) is 3.77. The first kappa shape index (κ1) is 30.0. The minimum atomic E-state index is -0.823. The molecular weight excluding hydrogens is 694 g/mol. The lowest BCUT2D eigenvalue weighted by molar-refractivity contribution is -0.139. The maximum atomic E-state index is 14.1. The lowest BCUT2D eigenvalue weighted by Crippen LogP contribution is -2.40. The molecule has 7 nitrogen and oxygen atoms in total. The van der Waals surface area contributed by atoms with Crippen LogP contribution in [0.3, 0.4) is 0 Å². The van der Waals surface area contributed by atoms with Crippen LogP contribution in [0.4, 0.5) is 4.39 Å². The number of halogens is 3. The average Bonchev–Trinajstić information content (AvgIpc) is 3.26. The first-order chi connectivity index (χ1) is 20.2. The number of methoxy groups -OCH3 is 1. The number of nitrogens with zero attached hydrogens (tertiary/aromatic N) is 2. The SMILES string of the molecule is CCOC(=O)C1=C(C)N=c2s/c(=C\c3cc(I)cc(OC)c3OCc3ccc(F)cc3)c(=O)n2[C@H]1c1ccccc1Cl. The van der Waals surface area contributed by atoms with Crippen LogP contribution in [0.2, 0.25) is 5.02 Å². The van der Waals surface area contributed by atoms with Gasteiger partial charge >= 0.3 is 5.97 Å². The Balaban J connectivity index is 1.67. The van der Waals surface area contributed by atoms with Crippen molar-refractivity contribution >= 4 is 57.6 Å². The number of allylic oxidation sites excluding steroid dienone is 1. The van der Waals surface area contributed by atoms with E-state index in [9.17, 15) is 14.0 Å². The van der Waals surface area contributed by atoms with Gasteiger partial charge in [0.2, 0.25) is 0 Å². The number of thiazole rings is 1. The van der Waals surface area contributed by atoms with E-state index in [0.29, 0.717) is 42.7 Å². The Morgan fingerprint density at radius 3 is 2.62 bits per heavy atom. The second-order valence-electron chi connectivity index (χ2n) is 9.27. The molecule has 0 N–H and O–H groups in total. The first-order valence-electron chi connectivity index (χ1n) is 12.9. The smallest absolute Gasteiger partial charge is 0.338 e. The molecule has 1 aromatic heterocycles. The van der Waals surface area contributed by atoms with Crippen molar-refractivity contribution < 1.29 is 23.4 Å². The van der Waals surface area contributed by atoms with E-state index in [1.807, 2.05) is 12.1 Å². The maximum absolute atomic E-state index is 14.1. The van der Waals surface area contributed by atoms with Crippen molar-refractivity contribution in [3.05, 3.63) is 123 Å². The molecule has 1 aliphatic rings. The molecule has 42 heavy (non-hydrogen) atoms. The third-order valence-corrected chi connectivity index (χ3v) is 8.52. The summed E-state index contributed by atoms with van der Waals surface area (Å²) in [5, 5.41) is 0.410. The summed E-state index contributed by atoms with van der Waals surface area (Å²) in [7, 11) is 1.54. The zero-order valence-electron chi connectivity index (χ0n) is 22.8. The molecule has 2 heterocycles. The van der Waals surface area contributed by atoms with E-state index in [1.165, 1.54) is 35.1 Å². The molecule has 0 spiro atoms. The molecular formula is C31H25ClFIN2O5S. The maximum Gasteiger partial charge on any atom is 0.338 e. The normalized spacial score (nSPS) is 14.8. The summed E-state index contributed by atoms with van der Waals surface area (Å²) in [5.74, 6) is 0.0198. The summed E-state index contributed by atoms with van der Waals surface area (Å²) in [5.41, 5.74) is 2.32. The molecule has 0 fully saturated rings. The fraction of sp³-hybridized carbons (Fsp3) is 0.194. The molecule has 0 saturated heterocycles. The Labute approximate surface area is 263 Å². The molecule has 0 amide bonds. The van der Waals surface area contributed by atoms with Crippen LogP contribution in [0, 0.1) is 9.39 Å². The van der Waals surface area contributed by atoms with Gasteiger partial charge in [-0.15, -0.1) is 0 Å². The van der Waals surface area contributed by atoms with Crippen molar-refractivity contribution in [2.45, 2.75) is 26.5 Å². The summed E-state index contributed by atoms with van der Waals surface area (Å²) >= 11 is 9.96. The van der Waals surface area contributed by atoms with Crippen molar-refractivity contribution in [2.24, 2.45) is 4.99 Å². The van der Waals surface area contributed by atoms with Gasteiger partial charge in [0.25, 0.3) is 5.56 Å². The van der Waals surface area contributed by atoms with Crippen molar-refractivity contribution in [3.63, 3.8) is 0 Å². The van der Waals surface area contributed by atoms with Gasteiger partial charge < -0.3 is 14.2 Å². The Morgan fingerprint density at radius 2 is 1.93 bits per heavy atom. The highest BCUT2D eigenvalue weighted by Gasteiger charge is 2.34. The molecule has 1 aliphatic heterocycles. The van der Waals surface area contributed by atoms with Crippen LogP contribution < -0.4 is 24.4 Å².